The van der Waals surface area contributed by atoms with E-state index in [-0.39, 0.29) is 23.5 Å². The number of amides is 2. The van der Waals surface area contributed by atoms with Crippen molar-refractivity contribution in [2.24, 2.45) is 5.92 Å². The average Bonchev–Trinajstić information content (AvgIpc) is 2.67. The summed E-state index contributed by atoms with van der Waals surface area (Å²) in [6, 6.07) is 15.4. The number of nitrogens with one attached hydrogen (secondary N) is 1. The van der Waals surface area contributed by atoms with Crippen LogP contribution in [0.2, 0.25) is 0 Å². The van der Waals surface area contributed by atoms with Crippen molar-refractivity contribution in [2.45, 2.75) is 12.8 Å². The summed E-state index contributed by atoms with van der Waals surface area (Å²) in [6.07, 6.45) is 4.58. The van der Waals surface area contributed by atoms with Crippen molar-refractivity contribution in [3.8, 4) is 0 Å². The van der Waals surface area contributed by atoms with E-state index in [2.05, 4.69) is 5.32 Å². The van der Waals surface area contributed by atoms with Crippen molar-refractivity contribution in [1.29, 1.82) is 0 Å². The molecule has 1 aliphatic rings. The van der Waals surface area contributed by atoms with Gasteiger partial charge in [-0.25, -0.2) is 4.39 Å². The number of nitrogens with zero attached hydrogens (tertiary/aromatic N) is 1. The second-order valence-electron chi connectivity index (χ2n) is 6.37. The van der Waals surface area contributed by atoms with Crippen LogP contribution < -0.4 is 5.32 Å². The molecule has 4 nitrogen and oxygen atoms in total. The summed E-state index contributed by atoms with van der Waals surface area (Å²) in [5.41, 5.74) is 1.39. The highest BCUT2D eigenvalue weighted by molar-refractivity contribution is 5.95. The van der Waals surface area contributed by atoms with Gasteiger partial charge >= 0.3 is 0 Å². The van der Waals surface area contributed by atoms with Gasteiger partial charge in [-0.2, -0.15) is 0 Å². The normalized spacial score (nSPS) is 17.3. The third-order valence-corrected chi connectivity index (χ3v) is 4.41. The van der Waals surface area contributed by atoms with Gasteiger partial charge in [-0.3, -0.25) is 9.59 Å². The van der Waals surface area contributed by atoms with E-state index >= 15 is 0 Å². The molecule has 3 rings (SSSR count). The maximum absolute atomic E-state index is 13.2. The van der Waals surface area contributed by atoms with Gasteiger partial charge in [0.05, 0.1) is 5.92 Å². The van der Waals surface area contributed by atoms with Crippen molar-refractivity contribution in [3.63, 3.8) is 0 Å². The van der Waals surface area contributed by atoms with Crippen molar-refractivity contribution in [1.82, 2.24) is 4.90 Å². The number of halogens is 1. The van der Waals surface area contributed by atoms with E-state index in [1.54, 1.807) is 23.1 Å². The van der Waals surface area contributed by atoms with E-state index in [1.807, 2.05) is 30.3 Å². The third-order valence-electron chi connectivity index (χ3n) is 4.41. The Labute approximate surface area is 152 Å². The summed E-state index contributed by atoms with van der Waals surface area (Å²) in [6.45, 7) is 1.02. The van der Waals surface area contributed by atoms with Crippen LogP contribution in [0.1, 0.15) is 18.4 Å². The summed E-state index contributed by atoms with van der Waals surface area (Å²) < 4.78 is 13.2. The maximum atomic E-state index is 13.2. The quantitative estimate of drug-likeness (QED) is 0.853. The number of hydrogen-bond donors (Lipinski definition) is 1. The minimum atomic E-state index is -0.338. The summed E-state index contributed by atoms with van der Waals surface area (Å²) in [4.78, 5) is 26.5. The molecule has 1 atom stereocenters. The Bertz CT molecular complexity index is 805. The lowest BCUT2D eigenvalue weighted by atomic mass is 9.97. The fraction of sp³-hybridized carbons (Fsp3) is 0.238. The van der Waals surface area contributed by atoms with E-state index in [4.69, 9.17) is 0 Å². The molecule has 1 aliphatic heterocycles. The first-order valence-corrected chi connectivity index (χ1v) is 8.70. The molecule has 1 fully saturated rings. The monoisotopic (exact) mass is 352 g/mol. The van der Waals surface area contributed by atoms with Crippen molar-refractivity contribution in [3.05, 3.63) is 72.1 Å². The number of likely N-dealkylation sites (tertiary alicyclic amines) is 1. The SMILES string of the molecule is O=C(Nc1ccccc1)C1CCCN(C(=O)C=Cc2cccc(F)c2)C1. The molecule has 1 heterocycles. The lowest BCUT2D eigenvalue weighted by molar-refractivity contribution is -0.130. The minimum Gasteiger partial charge on any atom is -0.338 e. The second kappa shape index (κ2) is 8.43. The molecule has 2 aromatic rings. The number of carbonyl (C=O) groups is 2. The average molecular weight is 352 g/mol. The van der Waals surface area contributed by atoms with Gasteiger partial charge in [0.2, 0.25) is 11.8 Å². The zero-order chi connectivity index (χ0) is 18.4. The van der Waals surface area contributed by atoms with Gasteiger partial charge in [0, 0.05) is 24.9 Å². The Hall–Kier alpha value is -2.95. The molecule has 5 heteroatoms. The van der Waals surface area contributed by atoms with E-state index in [0.717, 1.165) is 18.5 Å². The molecule has 0 bridgehead atoms. The van der Waals surface area contributed by atoms with Gasteiger partial charge in [-0.05, 0) is 48.7 Å². The van der Waals surface area contributed by atoms with Gasteiger partial charge in [0.1, 0.15) is 5.82 Å². The van der Waals surface area contributed by atoms with Crippen LogP contribution in [-0.2, 0) is 9.59 Å². The Morgan fingerprint density at radius 2 is 1.92 bits per heavy atom. The van der Waals surface area contributed by atoms with Crippen LogP contribution in [0.3, 0.4) is 0 Å². The number of para-hydroxylation sites is 1. The molecule has 26 heavy (non-hydrogen) atoms. The summed E-state index contributed by atoms with van der Waals surface area (Å²) >= 11 is 0. The molecule has 0 aliphatic carbocycles. The first-order valence-electron chi connectivity index (χ1n) is 8.70. The largest absolute Gasteiger partial charge is 0.338 e. The summed E-state index contributed by atoms with van der Waals surface area (Å²) in [5.74, 6) is -0.792. The predicted molar refractivity (Wildman–Crippen MR) is 99.8 cm³/mol. The van der Waals surface area contributed by atoms with Gasteiger partial charge in [-0.15, -0.1) is 0 Å². The van der Waals surface area contributed by atoms with E-state index in [1.165, 1.54) is 18.2 Å². The molecule has 2 amide bonds. The fourth-order valence-electron chi connectivity index (χ4n) is 3.04. The maximum Gasteiger partial charge on any atom is 0.246 e. The van der Waals surface area contributed by atoms with Crippen LogP contribution >= 0.6 is 0 Å². The standard InChI is InChI=1S/C21H21FN2O2/c22-18-8-4-6-16(14-18)11-12-20(25)24-13-5-7-17(15-24)21(26)23-19-9-2-1-3-10-19/h1-4,6,8-12,14,17H,5,7,13,15H2,(H,23,26). The first-order chi connectivity index (χ1) is 12.6. The lowest BCUT2D eigenvalue weighted by Crippen LogP contribution is -2.43. The highest BCUT2D eigenvalue weighted by Crippen LogP contribution is 2.19. The highest BCUT2D eigenvalue weighted by atomic mass is 19.1. The van der Waals surface area contributed by atoms with E-state index < -0.39 is 0 Å². The number of rotatable bonds is 4. The van der Waals surface area contributed by atoms with Crippen LogP contribution in [0, 0.1) is 11.7 Å². The zero-order valence-electron chi connectivity index (χ0n) is 14.4. The molecule has 134 valence electrons. The summed E-state index contributed by atoms with van der Waals surface area (Å²) in [5, 5.41) is 2.90. The Morgan fingerprint density at radius 3 is 2.69 bits per heavy atom. The van der Waals surface area contributed by atoms with Crippen molar-refractivity contribution < 1.29 is 14.0 Å². The van der Waals surface area contributed by atoms with Crippen molar-refractivity contribution >= 4 is 23.6 Å². The van der Waals surface area contributed by atoms with Gasteiger partial charge < -0.3 is 10.2 Å². The van der Waals surface area contributed by atoms with Crippen LogP contribution in [-0.4, -0.2) is 29.8 Å². The molecule has 1 N–H and O–H groups in total. The molecule has 0 saturated carbocycles. The Balaban J connectivity index is 1.59. The van der Waals surface area contributed by atoms with Gasteiger partial charge in [-0.1, -0.05) is 30.3 Å². The first kappa shape index (κ1) is 17.9. The number of benzene rings is 2. The molecular formula is C21H21FN2O2. The smallest absolute Gasteiger partial charge is 0.246 e. The van der Waals surface area contributed by atoms with Crippen LogP contribution in [0.5, 0.6) is 0 Å². The van der Waals surface area contributed by atoms with Gasteiger partial charge in [0.25, 0.3) is 0 Å². The molecule has 0 spiro atoms. The number of carbonyl (C=O) groups excluding carboxylic acids is 2. The second-order valence-corrected chi connectivity index (χ2v) is 6.37. The van der Waals surface area contributed by atoms with Crippen LogP contribution in [0.4, 0.5) is 10.1 Å². The van der Waals surface area contributed by atoms with Crippen molar-refractivity contribution in [2.75, 3.05) is 18.4 Å². The number of anilines is 1. The molecule has 2 aromatic carbocycles. The van der Waals surface area contributed by atoms with Crippen LogP contribution in [0.25, 0.3) is 6.08 Å². The topological polar surface area (TPSA) is 49.4 Å². The Kier molecular flexibility index (Phi) is 5.79. The van der Waals surface area contributed by atoms with Crippen LogP contribution in [0.15, 0.2) is 60.7 Å². The fourth-order valence-corrected chi connectivity index (χ4v) is 3.04. The Morgan fingerprint density at radius 1 is 1.12 bits per heavy atom. The summed E-state index contributed by atoms with van der Waals surface area (Å²) in [7, 11) is 0. The third kappa shape index (κ3) is 4.79. The molecule has 0 radical (unpaired) electrons. The molecular weight excluding hydrogens is 331 g/mol. The number of piperidine rings is 1. The van der Waals surface area contributed by atoms with Gasteiger partial charge in [0.15, 0.2) is 0 Å². The predicted octanol–water partition coefficient (Wildman–Crippen LogP) is 3.72. The highest BCUT2D eigenvalue weighted by Gasteiger charge is 2.27. The molecule has 1 saturated heterocycles. The number of hydrogen-bond acceptors (Lipinski definition) is 2. The van der Waals surface area contributed by atoms with E-state index in [0.29, 0.717) is 18.7 Å². The van der Waals surface area contributed by atoms with E-state index in [9.17, 15) is 14.0 Å². The molecule has 0 aromatic heterocycles. The zero-order valence-corrected chi connectivity index (χ0v) is 14.4. The minimum absolute atomic E-state index is 0.0668. The molecule has 1 unspecified atom stereocenters. The lowest BCUT2D eigenvalue weighted by Gasteiger charge is -2.31.